The fourth-order valence-electron chi connectivity index (χ4n) is 5.73. The second-order valence-electron chi connectivity index (χ2n) is 14.3. The quantitative estimate of drug-likeness (QED) is 0.0544. The van der Waals surface area contributed by atoms with Gasteiger partial charge >= 0.3 is 6.09 Å². The van der Waals surface area contributed by atoms with Crippen molar-refractivity contribution < 1.29 is 33.4 Å². The number of aldehydes is 1. The number of hydrogen-bond donors (Lipinski definition) is 5. The Labute approximate surface area is 313 Å². The van der Waals surface area contributed by atoms with Gasteiger partial charge in [0.2, 0.25) is 11.8 Å². The minimum atomic E-state index is -0.602. The maximum Gasteiger partial charge on any atom is 0.407 e. The summed E-state index contributed by atoms with van der Waals surface area (Å²) in [5.74, 6) is 6.14. The molecule has 14 nitrogen and oxygen atoms in total. The number of amides is 3. The zero-order chi connectivity index (χ0) is 39.0. The van der Waals surface area contributed by atoms with Gasteiger partial charge in [-0.2, -0.15) is 0 Å². The SMILES string of the molecule is CNC(C=O)CCCCNC(=O)OCCN(N)/C1=C(\N)c2ccccc2CN(C(=O)CCC(=O)NCC(C)(C)OCCC(C)(C)OC)c2ccccc21. The van der Waals surface area contributed by atoms with Crippen LogP contribution >= 0.6 is 0 Å². The molecule has 0 saturated carbocycles. The molecule has 0 bridgehead atoms. The number of benzene rings is 2. The molecule has 1 atom stereocenters. The van der Waals surface area contributed by atoms with Crippen molar-refractivity contribution in [2.45, 2.75) is 90.0 Å². The van der Waals surface area contributed by atoms with Gasteiger partial charge in [0.25, 0.3) is 0 Å². The van der Waals surface area contributed by atoms with Gasteiger partial charge in [-0.3, -0.25) is 9.59 Å². The summed E-state index contributed by atoms with van der Waals surface area (Å²) in [5.41, 5.74) is 9.54. The number of para-hydroxylation sites is 1. The standard InChI is InChI=1S/C39H59N7O7/c1-38(2,51-6)20-23-53-39(3,4)27-44-33(48)18-19-34(49)45-25-28-13-7-8-15-30(28)35(40)36(31-16-9-10-17-32(31)45)46(41)22-24-52-37(50)43-21-12-11-14-29(26-47)42-5/h7-10,13,15-17,26,29,42H,11-12,14,18-25,27,40-41H2,1-6H3,(H,43,50)(H,44,48)/b36-35-. The van der Waals surface area contributed by atoms with Crippen molar-refractivity contribution in [3.63, 3.8) is 0 Å². The van der Waals surface area contributed by atoms with E-state index in [0.717, 1.165) is 18.3 Å². The van der Waals surface area contributed by atoms with Gasteiger partial charge in [-0.05, 0) is 72.1 Å². The van der Waals surface area contributed by atoms with Crippen LogP contribution in [-0.2, 0) is 35.1 Å². The average molecular weight is 738 g/mol. The number of anilines is 1. The van der Waals surface area contributed by atoms with E-state index in [9.17, 15) is 19.2 Å². The number of nitrogens with two attached hydrogens (primary N) is 2. The molecule has 0 spiro atoms. The van der Waals surface area contributed by atoms with Crippen molar-refractivity contribution in [1.29, 1.82) is 0 Å². The second kappa shape index (κ2) is 20.7. The number of nitrogens with zero attached hydrogens (tertiary/aromatic N) is 2. The summed E-state index contributed by atoms with van der Waals surface area (Å²) in [6.07, 6.45) is 3.12. The molecule has 1 unspecified atom stereocenters. The molecule has 0 saturated heterocycles. The Morgan fingerprint density at radius 2 is 1.66 bits per heavy atom. The Morgan fingerprint density at radius 3 is 2.36 bits per heavy atom. The second-order valence-corrected chi connectivity index (χ2v) is 14.3. The number of methoxy groups -OCH3 is 1. The molecule has 3 amide bonds. The predicted molar refractivity (Wildman–Crippen MR) is 206 cm³/mol. The van der Waals surface area contributed by atoms with E-state index in [0.29, 0.717) is 67.2 Å². The predicted octanol–water partition coefficient (Wildman–Crippen LogP) is 3.68. The highest BCUT2D eigenvalue weighted by atomic mass is 16.5. The van der Waals surface area contributed by atoms with Crippen LogP contribution in [0.5, 0.6) is 0 Å². The first kappa shape index (κ1) is 42.9. The third-order valence-corrected chi connectivity index (χ3v) is 9.27. The minimum Gasteiger partial charge on any atom is -0.448 e. The number of nitrogens with one attached hydrogen (secondary N) is 3. The topological polar surface area (TPSA) is 191 Å². The average Bonchev–Trinajstić information content (AvgIpc) is 3.13. The summed E-state index contributed by atoms with van der Waals surface area (Å²) >= 11 is 0. The molecule has 2 aromatic rings. The molecule has 53 heavy (non-hydrogen) atoms. The Kier molecular flexibility index (Phi) is 16.7. The van der Waals surface area contributed by atoms with Crippen molar-refractivity contribution in [2.75, 3.05) is 51.9 Å². The van der Waals surface area contributed by atoms with Crippen LogP contribution in [0, 0.1) is 0 Å². The van der Waals surface area contributed by atoms with E-state index < -0.39 is 11.7 Å². The van der Waals surface area contributed by atoms with Crippen molar-refractivity contribution in [3.8, 4) is 0 Å². The Bertz CT molecular complexity index is 1560. The van der Waals surface area contributed by atoms with Crippen molar-refractivity contribution >= 4 is 41.3 Å². The van der Waals surface area contributed by atoms with Crippen LogP contribution in [0.2, 0.25) is 0 Å². The van der Waals surface area contributed by atoms with Crippen LogP contribution in [-0.4, -0.2) is 93.5 Å². The van der Waals surface area contributed by atoms with Gasteiger partial charge < -0.3 is 50.6 Å². The molecule has 1 aliphatic rings. The number of likely N-dealkylation sites (N-methyl/N-ethyl adjacent to an activating group) is 1. The van der Waals surface area contributed by atoms with Crippen molar-refractivity contribution in [2.24, 2.45) is 11.6 Å². The van der Waals surface area contributed by atoms with Crippen molar-refractivity contribution in [3.05, 3.63) is 65.2 Å². The molecule has 0 radical (unpaired) electrons. The van der Waals surface area contributed by atoms with E-state index in [1.54, 1.807) is 19.1 Å². The lowest BCUT2D eigenvalue weighted by molar-refractivity contribution is -0.126. The van der Waals surface area contributed by atoms with Gasteiger partial charge in [-0.25, -0.2) is 10.6 Å². The van der Waals surface area contributed by atoms with E-state index in [2.05, 4.69) is 16.0 Å². The van der Waals surface area contributed by atoms with Crippen LogP contribution < -0.4 is 32.4 Å². The normalized spacial score (nSPS) is 15.0. The number of carbonyl (C=O) groups is 4. The molecule has 14 heteroatoms. The third-order valence-electron chi connectivity index (χ3n) is 9.27. The van der Waals surface area contributed by atoms with Gasteiger partial charge in [-0.1, -0.05) is 42.5 Å². The number of unbranched alkanes of at least 4 members (excludes halogenated alkanes) is 1. The first-order chi connectivity index (χ1) is 25.2. The van der Waals surface area contributed by atoms with E-state index in [-0.39, 0.29) is 56.0 Å². The van der Waals surface area contributed by atoms with E-state index in [4.69, 9.17) is 25.8 Å². The number of hydrazine groups is 1. The summed E-state index contributed by atoms with van der Waals surface area (Å²) in [6.45, 7) is 9.30. The highest BCUT2D eigenvalue weighted by Gasteiger charge is 2.29. The van der Waals surface area contributed by atoms with Crippen LogP contribution in [0.25, 0.3) is 11.4 Å². The van der Waals surface area contributed by atoms with Gasteiger partial charge in [-0.15, -0.1) is 0 Å². The minimum absolute atomic E-state index is 0.00556. The maximum absolute atomic E-state index is 13.9. The number of ether oxygens (including phenoxy) is 3. The molecule has 1 aliphatic heterocycles. The molecule has 1 heterocycles. The zero-order valence-corrected chi connectivity index (χ0v) is 32.2. The largest absolute Gasteiger partial charge is 0.448 e. The number of fused-ring (bicyclic) bond motifs is 2. The fraction of sp³-hybridized carbons (Fsp3) is 0.538. The van der Waals surface area contributed by atoms with Gasteiger partial charge in [0.1, 0.15) is 12.9 Å². The van der Waals surface area contributed by atoms with Crippen LogP contribution in [0.3, 0.4) is 0 Å². The zero-order valence-electron chi connectivity index (χ0n) is 32.2. The lowest BCUT2D eigenvalue weighted by Gasteiger charge is -2.33. The molecule has 7 N–H and O–H groups in total. The molecule has 0 aromatic heterocycles. The third kappa shape index (κ3) is 13.5. The summed E-state index contributed by atoms with van der Waals surface area (Å²) in [5, 5.41) is 9.99. The van der Waals surface area contributed by atoms with Gasteiger partial charge in [0.15, 0.2) is 0 Å². The molecule has 2 aromatic carbocycles. The number of carbonyl (C=O) groups excluding carboxylic acids is 4. The lowest BCUT2D eigenvalue weighted by Crippen LogP contribution is -2.42. The number of hydrogen-bond acceptors (Lipinski definition) is 11. The van der Waals surface area contributed by atoms with Gasteiger partial charge in [0.05, 0.1) is 54.0 Å². The Morgan fingerprint density at radius 1 is 0.962 bits per heavy atom. The fourth-order valence-corrected chi connectivity index (χ4v) is 5.73. The lowest BCUT2D eigenvalue weighted by atomic mass is 9.95. The summed E-state index contributed by atoms with van der Waals surface area (Å²) < 4.78 is 16.9. The highest BCUT2D eigenvalue weighted by molar-refractivity contribution is 6.02. The summed E-state index contributed by atoms with van der Waals surface area (Å²) in [6, 6.07) is 14.7. The number of alkyl carbamates (subject to hydrolysis) is 1. The van der Waals surface area contributed by atoms with E-state index in [1.807, 2.05) is 76.2 Å². The van der Waals surface area contributed by atoms with Crippen LogP contribution in [0.15, 0.2) is 48.5 Å². The molecule has 0 fully saturated rings. The van der Waals surface area contributed by atoms with Crippen LogP contribution in [0.1, 0.15) is 82.9 Å². The number of rotatable bonds is 21. The molecule has 0 aliphatic carbocycles. The molecule has 292 valence electrons. The van der Waals surface area contributed by atoms with Crippen LogP contribution in [0.4, 0.5) is 10.5 Å². The first-order valence-electron chi connectivity index (χ1n) is 18.2. The molecule has 3 rings (SSSR count). The first-order valence-corrected chi connectivity index (χ1v) is 18.2. The van der Waals surface area contributed by atoms with E-state index in [1.165, 1.54) is 5.01 Å². The monoisotopic (exact) mass is 737 g/mol. The van der Waals surface area contributed by atoms with Crippen molar-refractivity contribution in [1.82, 2.24) is 21.0 Å². The molecular formula is C39H59N7O7. The maximum atomic E-state index is 13.9. The Hall–Kier alpha value is -4.50. The smallest absolute Gasteiger partial charge is 0.407 e. The van der Waals surface area contributed by atoms with Gasteiger partial charge in [0, 0.05) is 44.2 Å². The Balaban J connectivity index is 1.67. The summed E-state index contributed by atoms with van der Waals surface area (Å²) in [4.78, 5) is 51.8. The molecular weight excluding hydrogens is 678 g/mol. The highest BCUT2D eigenvalue weighted by Crippen LogP contribution is 2.37. The summed E-state index contributed by atoms with van der Waals surface area (Å²) in [7, 11) is 3.40. The van der Waals surface area contributed by atoms with E-state index >= 15 is 0 Å².